The van der Waals surface area contributed by atoms with Crippen LogP contribution in [0.5, 0.6) is 5.75 Å². The van der Waals surface area contributed by atoms with E-state index in [0.717, 1.165) is 5.56 Å². The highest BCUT2D eigenvalue weighted by atomic mass is 16.7. The van der Waals surface area contributed by atoms with Gasteiger partial charge in [-0.25, -0.2) is 5.01 Å². The SMILES string of the molecule is N#CN1C\C=C/C=C\C=C/C=C\c2ccccc2ON1. The minimum absolute atomic E-state index is 0.419. The molecule has 0 aromatic heterocycles. The number of fused-ring (bicyclic) bond motifs is 1. The van der Waals surface area contributed by atoms with Crippen molar-refractivity contribution in [3.63, 3.8) is 0 Å². The maximum absolute atomic E-state index is 9.00. The summed E-state index contributed by atoms with van der Waals surface area (Å²) < 4.78 is 0. The van der Waals surface area contributed by atoms with Gasteiger partial charge in [0.15, 0.2) is 11.9 Å². The third-order valence-corrected chi connectivity index (χ3v) is 2.56. The Kier molecular flexibility index (Phi) is 5.20. The smallest absolute Gasteiger partial charge is 0.198 e. The van der Waals surface area contributed by atoms with Gasteiger partial charge in [-0.3, -0.25) is 0 Å². The molecule has 1 N–H and O–H groups in total. The molecule has 1 aliphatic rings. The molecular formula is C16H15N3O. The monoisotopic (exact) mass is 265 g/mol. The second-order valence-electron chi connectivity index (χ2n) is 4.00. The van der Waals surface area contributed by atoms with E-state index in [1.54, 1.807) is 0 Å². The molecule has 1 aromatic carbocycles. The van der Waals surface area contributed by atoms with Crippen LogP contribution in [0.4, 0.5) is 0 Å². The fraction of sp³-hybridized carbons (Fsp3) is 0.0625. The van der Waals surface area contributed by atoms with Crippen molar-refractivity contribution in [1.29, 1.82) is 5.26 Å². The normalized spacial score (nSPS) is 21.4. The summed E-state index contributed by atoms with van der Waals surface area (Å²) in [5, 5.41) is 10.3. The first-order chi connectivity index (χ1) is 9.90. The fourth-order valence-corrected chi connectivity index (χ4v) is 1.57. The van der Waals surface area contributed by atoms with Crippen LogP contribution in [0.2, 0.25) is 0 Å². The Morgan fingerprint density at radius 2 is 1.80 bits per heavy atom. The van der Waals surface area contributed by atoms with Crippen molar-refractivity contribution in [2.24, 2.45) is 0 Å². The van der Waals surface area contributed by atoms with Crippen LogP contribution >= 0.6 is 0 Å². The van der Waals surface area contributed by atoms with Crippen LogP contribution in [-0.2, 0) is 0 Å². The summed E-state index contributed by atoms with van der Waals surface area (Å²) in [5.74, 6) is 0.661. The number of benzene rings is 1. The zero-order valence-corrected chi connectivity index (χ0v) is 10.9. The van der Waals surface area contributed by atoms with Gasteiger partial charge in [0, 0.05) is 5.56 Å². The largest absolute Gasteiger partial charge is 0.388 e. The minimum atomic E-state index is 0.419. The highest BCUT2D eigenvalue weighted by Gasteiger charge is 2.03. The van der Waals surface area contributed by atoms with Crippen LogP contribution in [0, 0.1) is 11.5 Å². The van der Waals surface area contributed by atoms with Crippen LogP contribution in [0.1, 0.15) is 5.56 Å². The molecule has 0 bridgehead atoms. The summed E-state index contributed by atoms with van der Waals surface area (Å²) in [5.41, 5.74) is 3.55. The molecule has 1 aliphatic heterocycles. The van der Waals surface area contributed by atoms with Gasteiger partial charge >= 0.3 is 0 Å². The van der Waals surface area contributed by atoms with Crippen molar-refractivity contribution in [3.8, 4) is 11.9 Å². The minimum Gasteiger partial charge on any atom is -0.388 e. The van der Waals surface area contributed by atoms with E-state index in [1.165, 1.54) is 5.01 Å². The van der Waals surface area contributed by atoms with Crippen molar-refractivity contribution in [2.75, 3.05) is 6.54 Å². The summed E-state index contributed by atoms with van der Waals surface area (Å²) in [6, 6.07) is 7.60. The molecule has 0 fully saturated rings. The number of nitriles is 1. The molecule has 0 saturated heterocycles. The summed E-state index contributed by atoms with van der Waals surface area (Å²) in [4.78, 5) is 5.46. The molecule has 0 spiro atoms. The van der Waals surface area contributed by atoms with Gasteiger partial charge in [0.25, 0.3) is 0 Å². The van der Waals surface area contributed by atoms with Gasteiger partial charge in [-0.15, -0.1) is 0 Å². The molecule has 1 aromatic rings. The number of rotatable bonds is 0. The first-order valence-electron chi connectivity index (χ1n) is 6.25. The average Bonchev–Trinajstić information content (AvgIpc) is 2.49. The summed E-state index contributed by atoms with van der Waals surface area (Å²) in [7, 11) is 0. The van der Waals surface area contributed by atoms with Crippen LogP contribution in [-0.4, -0.2) is 11.6 Å². The van der Waals surface area contributed by atoms with Gasteiger partial charge in [0.2, 0.25) is 0 Å². The number of hydrogen-bond donors (Lipinski definition) is 1. The van der Waals surface area contributed by atoms with E-state index in [1.807, 2.05) is 79.1 Å². The topological polar surface area (TPSA) is 48.3 Å². The second-order valence-corrected chi connectivity index (χ2v) is 4.00. The molecule has 4 nitrogen and oxygen atoms in total. The number of allylic oxidation sites excluding steroid dienone is 6. The first-order valence-corrected chi connectivity index (χ1v) is 6.25. The number of para-hydroxylation sites is 1. The lowest BCUT2D eigenvalue weighted by Gasteiger charge is -2.16. The van der Waals surface area contributed by atoms with Crippen molar-refractivity contribution < 1.29 is 4.84 Å². The standard InChI is InChI=1S/C16H15N3O/c17-14-19-13-9-5-3-1-2-4-6-10-15-11-7-8-12-16(15)20-18-19/h1-12,18H,13H2/b3-1-,4-2-,9-5-,10-6-. The highest BCUT2D eigenvalue weighted by Crippen LogP contribution is 2.18. The van der Waals surface area contributed by atoms with E-state index in [4.69, 9.17) is 10.1 Å². The lowest BCUT2D eigenvalue weighted by Crippen LogP contribution is -2.36. The molecule has 1 heterocycles. The first kappa shape index (κ1) is 13.7. The molecule has 2 rings (SSSR count). The van der Waals surface area contributed by atoms with Crippen LogP contribution in [0.25, 0.3) is 6.08 Å². The zero-order valence-electron chi connectivity index (χ0n) is 10.9. The number of nitrogens with one attached hydrogen (secondary N) is 1. The van der Waals surface area contributed by atoms with Gasteiger partial charge in [-0.2, -0.15) is 5.26 Å². The lowest BCUT2D eigenvalue weighted by molar-refractivity contribution is 0.0546. The molecule has 20 heavy (non-hydrogen) atoms. The molecule has 0 amide bonds. The van der Waals surface area contributed by atoms with Crippen molar-refractivity contribution >= 4 is 6.08 Å². The Balaban J connectivity index is 2.24. The van der Waals surface area contributed by atoms with Crippen LogP contribution in [0.15, 0.2) is 66.8 Å². The Hall–Kier alpha value is -2.77. The Labute approximate surface area is 118 Å². The molecular weight excluding hydrogens is 250 g/mol. The van der Waals surface area contributed by atoms with E-state index in [9.17, 15) is 0 Å². The second kappa shape index (κ2) is 7.62. The molecule has 4 heteroatoms. The summed E-state index contributed by atoms with van der Waals surface area (Å²) >= 11 is 0. The van der Waals surface area contributed by atoms with Gasteiger partial charge in [0.1, 0.15) is 0 Å². The Morgan fingerprint density at radius 1 is 1.05 bits per heavy atom. The van der Waals surface area contributed by atoms with Gasteiger partial charge < -0.3 is 4.84 Å². The van der Waals surface area contributed by atoms with Gasteiger partial charge in [0.05, 0.1) is 6.54 Å². The average molecular weight is 265 g/mol. The lowest BCUT2D eigenvalue weighted by atomic mass is 10.2. The van der Waals surface area contributed by atoms with E-state index in [0.29, 0.717) is 12.3 Å². The molecule has 0 aliphatic carbocycles. The van der Waals surface area contributed by atoms with E-state index >= 15 is 0 Å². The number of nitrogens with zero attached hydrogens (tertiary/aromatic N) is 2. The number of hydrazine groups is 1. The molecule has 0 saturated carbocycles. The summed E-state index contributed by atoms with van der Waals surface area (Å²) in [6.45, 7) is 0.419. The third kappa shape index (κ3) is 4.16. The number of hydrogen-bond acceptors (Lipinski definition) is 4. The van der Waals surface area contributed by atoms with E-state index in [2.05, 4.69) is 5.59 Å². The Morgan fingerprint density at radius 3 is 2.65 bits per heavy atom. The predicted octanol–water partition coefficient (Wildman–Crippen LogP) is 2.96. The maximum Gasteiger partial charge on any atom is 0.198 e. The third-order valence-electron chi connectivity index (χ3n) is 2.56. The van der Waals surface area contributed by atoms with Crippen molar-refractivity contribution in [2.45, 2.75) is 0 Å². The Bertz CT molecular complexity index is 594. The highest BCUT2D eigenvalue weighted by molar-refractivity contribution is 5.58. The van der Waals surface area contributed by atoms with Crippen LogP contribution in [0.3, 0.4) is 0 Å². The molecule has 0 unspecified atom stereocenters. The van der Waals surface area contributed by atoms with Crippen LogP contribution < -0.4 is 10.4 Å². The molecule has 0 atom stereocenters. The van der Waals surface area contributed by atoms with E-state index < -0.39 is 0 Å². The van der Waals surface area contributed by atoms with E-state index in [-0.39, 0.29) is 0 Å². The summed E-state index contributed by atoms with van der Waals surface area (Å²) in [6.07, 6.45) is 17.3. The van der Waals surface area contributed by atoms with Gasteiger partial charge in [-0.1, -0.05) is 72.4 Å². The van der Waals surface area contributed by atoms with Gasteiger partial charge in [-0.05, 0) is 6.07 Å². The predicted molar refractivity (Wildman–Crippen MR) is 79.0 cm³/mol. The van der Waals surface area contributed by atoms with Crippen molar-refractivity contribution in [3.05, 3.63) is 72.4 Å². The molecule has 0 radical (unpaired) electrons. The van der Waals surface area contributed by atoms with Crippen molar-refractivity contribution in [1.82, 2.24) is 10.6 Å². The maximum atomic E-state index is 9.00. The fourth-order valence-electron chi connectivity index (χ4n) is 1.57. The molecule has 100 valence electrons. The zero-order chi connectivity index (χ0) is 14.0. The quantitative estimate of drug-likeness (QED) is 0.733.